The molecular formula is C26H29FN4O4. The van der Waals surface area contributed by atoms with Crippen molar-refractivity contribution < 1.29 is 23.6 Å². The average Bonchev–Trinajstić information content (AvgIpc) is 3.16. The summed E-state index contributed by atoms with van der Waals surface area (Å²) >= 11 is 0. The van der Waals surface area contributed by atoms with E-state index in [1.165, 1.54) is 17.0 Å². The zero-order valence-corrected chi connectivity index (χ0v) is 19.9. The zero-order chi connectivity index (χ0) is 25.2. The fourth-order valence-corrected chi connectivity index (χ4v) is 4.82. The lowest BCUT2D eigenvalue weighted by atomic mass is 9.98. The second kappa shape index (κ2) is 9.85. The predicted molar refractivity (Wildman–Crippen MR) is 128 cm³/mol. The standard InChI is InChI=1S/C26H29FN4O4/c1-3-29(17-22(32)28-16-18-8-10-19(27)11-9-18)23(33)13-15-30-25(35)20-6-4-5-7-21(20)31-24(34)12-14-26(30,31)2/h4-11H,3,12-17H2,1-2H3,(H,28,32). The van der Waals surface area contributed by atoms with Crippen molar-refractivity contribution in [3.63, 3.8) is 0 Å². The number of fused-ring (bicyclic) bond motifs is 3. The molecule has 1 saturated heterocycles. The average molecular weight is 481 g/mol. The molecule has 1 fully saturated rings. The highest BCUT2D eigenvalue weighted by Crippen LogP contribution is 2.43. The maximum absolute atomic E-state index is 13.3. The number of hydrogen-bond donors (Lipinski definition) is 1. The van der Waals surface area contributed by atoms with E-state index in [9.17, 15) is 23.6 Å². The molecule has 2 aromatic carbocycles. The number of benzene rings is 2. The minimum Gasteiger partial charge on any atom is -0.350 e. The van der Waals surface area contributed by atoms with E-state index in [0.29, 0.717) is 30.6 Å². The van der Waals surface area contributed by atoms with E-state index >= 15 is 0 Å². The topological polar surface area (TPSA) is 90.0 Å². The molecule has 2 aromatic rings. The first-order chi connectivity index (χ1) is 16.7. The molecule has 0 radical (unpaired) electrons. The molecule has 0 saturated carbocycles. The van der Waals surface area contributed by atoms with Gasteiger partial charge in [-0.25, -0.2) is 4.39 Å². The summed E-state index contributed by atoms with van der Waals surface area (Å²) in [6.07, 6.45) is 0.853. The third-order valence-electron chi connectivity index (χ3n) is 6.77. The zero-order valence-electron chi connectivity index (χ0n) is 19.9. The van der Waals surface area contributed by atoms with Crippen LogP contribution in [-0.4, -0.2) is 58.7 Å². The van der Waals surface area contributed by atoms with Crippen LogP contribution in [0.3, 0.4) is 0 Å². The molecule has 2 aliphatic rings. The van der Waals surface area contributed by atoms with Crippen molar-refractivity contribution in [2.75, 3.05) is 24.5 Å². The van der Waals surface area contributed by atoms with Gasteiger partial charge in [0.1, 0.15) is 11.5 Å². The van der Waals surface area contributed by atoms with Crippen LogP contribution in [-0.2, 0) is 20.9 Å². The van der Waals surface area contributed by atoms with Crippen LogP contribution in [0, 0.1) is 5.82 Å². The van der Waals surface area contributed by atoms with Crippen LogP contribution in [0.1, 0.15) is 49.0 Å². The summed E-state index contributed by atoms with van der Waals surface area (Å²) in [5.74, 6) is -1.18. The Morgan fingerprint density at radius 3 is 2.54 bits per heavy atom. The number of nitrogens with zero attached hydrogens (tertiary/aromatic N) is 3. The quantitative estimate of drug-likeness (QED) is 0.629. The molecule has 2 heterocycles. The van der Waals surface area contributed by atoms with Gasteiger partial charge in [0.15, 0.2) is 0 Å². The first kappa shape index (κ1) is 24.4. The number of anilines is 1. The molecule has 1 unspecified atom stereocenters. The van der Waals surface area contributed by atoms with E-state index in [4.69, 9.17) is 0 Å². The second-order valence-electron chi connectivity index (χ2n) is 8.98. The number of hydrogen-bond acceptors (Lipinski definition) is 4. The predicted octanol–water partition coefficient (Wildman–Crippen LogP) is 2.68. The fraction of sp³-hybridized carbons (Fsp3) is 0.385. The Morgan fingerprint density at radius 1 is 1.11 bits per heavy atom. The number of rotatable bonds is 8. The molecule has 2 aliphatic heterocycles. The molecular weight excluding hydrogens is 451 g/mol. The number of carbonyl (C=O) groups is 4. The Morgan fingerprint density at radius 2 is 1.83 bits per heavy atom. The number of halogens is 1. The first-order valence-corrected chi connectivity index (χ1v) is 11.8. The molecule has 0 aromatic heterocycles. The van der Waals surface area contributed by atoms with E-state index in [0.717, 1.165) is 5.56 Å². The number of carbonyl (C=O) groups excluding carboxylic acids is 4. The van der Waals surface area contributed by atoms with E-state index in [2.05, 4.69) is 5.32 Å². The minimum absolute atomic E-state index is 0.0324. The normalized spacial score (nSPS) is 18.8. The number of likely N-dealkylation sites (N-methyl/N-ethyl adjacent to an activating group) is 1. The molecule has 9 heteroatoms. The Hall–Kier alpha value is -3.75. The highest BCUT2D eigenvalue weighted by atomic mass is 19.1. The summed E-state index contributed by atoms with van der Waals surface area (Å²) in [5.41, 5.74) is 0.979. The molecule has 4 rings (SSSR count). The van der Waals surface area contributed by atoms with Crippen molar-refractivity contribution in [2.45, 2.75) is 45.3 Å². The van der Waals surface area contributed by atoms with Gasteiger partial charge in [-0.2, -0.15) is 0 Å². The lowest BCUT2D eigenvalue weighted by Gasteiger charge is -2.48. The lowest BCUT2D eigenvalue weighted by molar-refractivity contribution is -0.136. The second-order valence-corrected chi connectivity index (χ2v) is 8.98. The number of para-hydroxylation sites is 1. The van der Waals surface area contributed by atoms with Crippen LogP contribution in [0.5, 0.6) is 0 Å². The Labute approximate surface area is 203 Å². The molecule has 184 valence electrons. The maximum atomic E-state index is 13.3. The third kappa shape index (κ3) is 4.76. The van der Waals surface area contributed by atoms with Gasteiger partial charge in [0.05, 0.1) is 17.8 Å². The Bertz CT molecular complexity index is 1150. The van der Waals surface area contributed by atoms with Gasteiger partial charge < -0.3 is 15.1 Å². The summed E-state index contributed by atoms with van der Waals surface area (Å²) in [4.78, 5) is 56.1. The molecule has 4 amide bonds. The summed E-state index contributed by atoms with van der Waals surface area (Å²) in [6, 6.07) is 12.9. The monoisotopic (exact) mass is 480 g/mol. The molecule has 1 N–H and O–H groups in total. The minimum atomic E-state index is -0.827. The van der Waals surface area contributed by atoms with Gasteiger partial charge >= 0.3 is 0 Å². The van der Waals surface area contributed by atoms with Crippen LogP contribution >= 0.6 is 0 Å². The van der Waals surface area contributed by atoms with Crippen LogP contribution in [0.25, 0.3) is 0 Å². The summed E-state index contributed by atoms with van der Waals surface area (Å²) in [6.45, 7) is 4.23. The summed E-state index contributed by atoms with van der Waals surface area (Å²) < 4.78 is 13.0. The highest BCUT2D eigenvalue weighted by Gasteiger charge is 2.52. The molecule has 0 bridgehead atoms. The van der Waals surface area contributed by atoms with E-state index < -0.39 is 5.66 Å². The van der Waals surface area contributed by atoms with Gasteiger partial charge in [-0.05, 0) is 50.1 Å². The van der Waals surface area contributed by atoms with Gasteiger partial charge in [0.25, 0.3) is 5.91 Å². The lowest BCUT2D eigenvalue weighted by Crippen LogP contribution is -2.62. The van der Waals surface area contributed by atoms with E-state index in [1.54, 1.807) is 53.1 Å². The fourth-order valence-electron chi connectivity index (χ4n) is 4.82. The van der Waals surface area contributed by atoms with Crippen LogP contribution in [0.2, 0.25) is 0 Å². The first-order valence-electron chi connectivity index (χ1n) is 11.8. The molecule has 0 spiro atoms. The molecule has 1 atom stereocenters. The third-order valence-corrected chi connectivity index (χ3v) is 6.77. The van der Waals surface area contributed by atoms with Crippen molar-refractivity contribution in [3.05, 3.63) is 65.5 Å². The number of amides is 4. The largest absolute Gasteiger partial charge is 0.350 e. The van der Waals surface area contributed by atoms with Gasteiger partial charge in [-0.15, -0.1) is 0 Å². The van der Waals surface area contributed by atoms with Crippen LogP contribution in [0.4, 0.5) is 10.1 Å². The molecule has 8 nitrogen and oxygen atoms in total. The van der Waals surface area contributed by atoms with Crippen molar-refractivity contribution >= 4 is 29.3 Å². The van der Waals surface area contributed by atoms with Crippen LogP contribution in [0.15, 0.2) is 48.5 Å². The van der Waals surface area contributed by atoms with Crippen molar-refractivity contribution in [1.29, 1.82) is 0 Å². The van der Waals surface area contributed by atoms with E-state index in [1.807, 2.05) is 6.92 Å². The van der Waals surface area contributed by atoms with Crippen LogP contribution < -0.4 is 10.2 Å². The van der Waals surface area contributed by atoms with Gasteiger partial charge in [-0.1, -0.05) is 24.3 Å². The maximum Gasteiger partial charge on any atom is 0.257 e. The SMILES string of the molecule is CCN(CC(=O)NCc1ccc(F)cc1)C(=O)CCN1C(=O)c2ccccc2N2C(=O)CCC12C. The van der Waals surface area contributed by atoms with E-state index in [-0.39, 0.29) is 55.5 Å². The van der Waals surface area contributed by atoms with Gasteiger partial charge in [0.2, 0.25) is 17.7 Å². The highest BCUT2D eigenvalue weighted by molar-refractivity contribution is 6.10. The van der Waals surface area contributed by atoms with Crippen molar-refractivity contribution in [3.8, 4) is 0 Å². The van der Waals surface area contributed by atoms with Gasteiger partial charge in [0, 0.05) is 32.5 Å². The smallest absolute Gasteiger partial charge is 0.257 e. The molecule has 35 heavy (non-hydrogen) atoms. The summed E-state index contributed by atoms with van der Waals surface area (Å²) in [5, 5.41) is 2.74. The Balaban J connectivity index is 1.39. The summed E-state index contributed by atoms with van der Waals surface area (Å²) in [7, 11) is 0. The Kier molecular flexibility index (Phi) is 6.86. The van der Waals surface area contributed by atoms with Gasteiger partial charge in [-0.3, -0.25) is 24.1 Å². The number of nitrogens with one attached hydrogen (secondary N) is 1. The molecule has 0 aliphatic carbocycles. The van der Waals surface area contributed by atoms with Crippen molar-refractivity contribution in [1.82, 2.24) is 15.1 Å². The van der Waals surface area contributed by atoms with Crippen molar-refractivity contribution in [2.24, 2.45) is 0 Å².